The number of ketones is 1. The SMILES string of the molecule is CCCC(=O)C(CC)c1ccc(OC)cc1. The molecule has 88 valence electrons. The molecule has 1 aromatic rings. The highest BCUT2D eigenvalue weighted by atomic mass is 16.5. The van der Waals surface area contributed by atoms with Crippen LogP contribution in [-0.4, -0.2) is 12.9 Å². The molecule has 0 heterocycles. The van der Waals surface area contributed by atoms with Gasteiger partial charge in [-0.1, -0.05) is 26.0 Å². The summed E-state index contributed by atoms with van der Waals surface area (Å²) in [7, 11) is 1.65. The van der Waals surface area contributed by atoms with Gasteiger partial charge < -0.3 is 4.74 Å². The van der Waals surface area contributed by atoms with Crippen molar-refractivity contribution in [3.63, 3.8) is 0 Å². The Morgan fingerprint density at radius 2 is 1.88 bits per heavy atom. The molecular weight excluding hydrogens is 200 g/mol. The first-order chi connectivity index (χ1) is 7.72. The zero-order valence-corrected chi connectivity index (χ0v) is 10.3. The van der Waals surface area contributed by atoms with Crippen LogP contribution < -0.4 is 4.74 Å². The van der Waals surface area contributed by atoms with E-state index >= 15 is 0 Å². The zero-order valence-electron chi connectivity index (χ0n) is 10.3. The third kappa shape index (κ3) is 3.09. The van der Waals surface area contributed by atoms with E-state index in [0.717, 1.165) is 24.2 Å². The monoisotopic (exact) mass is 220 g/mol. The van der Waals surface area contributed by atoms with E-state index in [4.69, 9.17) is 4.74 Å². The highest BCUT2D eigenvalue weighted by molar-refractivity contribution is 5.85. The fraction of sp³-hybridized carbons (Fsp3) is 0.500. The number of carbonyl (C=O) groups is 1. The smallest absolute Gasteiger partial charge is 0.140 e. The van der Waals surface area contributed by atoms with Crippen LogP contribution in [0.25, 0.3) is 0 Å². The Morgan fingerprint density at radius 1 is 1.25 bits per heavy atom. The van der Waals surface area contributed by atoms with Crippen LogP contribution in [0.1, 0.15) is 44.6 Å². The molecule has 0 aromatic heterocycles. The summed E-state index contributed by atoms with van der Waals surface area (Å²) in [5.41, 5.74) is 1.10. The van der Waals surface area contributed by atoms with Gasteiger partial charge >= 0.3 is 0 Å². The molecule has 0 saturated carbocycles. The van der Waals surface area contributed by atoms with Crippen molar-refractivity contribution in [3.8, 4) is 5.75 Å². The first-order valence-corrected chi connectivity index (χ1v) is 5.89. The van der Waals surface area contributed by atoms with Crippen LogP contribution in [-0.2, 0) is 4.79 Å². The van der Waals surface area contributed by atoms with E-state index in [-0.39, 0.29) is 5.92 Å². The van der Waals surface area contributed by atoms with Crippen molar-refractivity contribution in [2.45, 2.75) is 39.0 Å². The quantitative estimate of drug-likeness (QED) is 0.732. The lowest BCUT2D eigenvalue weighted by Crippen LogP contribution is -2.11. The molecule has 2 nitrogen and oxygen atoms in total. The third-order valence-electron chi connectivity index (χ3n) is 2.81. The molecule has 1 rings (SSSR count). The summed E-state index contributed by atoms with van der Waals surface area (Å²) in [4.78, 5) is 11.9. The minimum atomic E-state index is 0.0471. The van der Waals surface area contributed by atoms with Crippen LogP contribution in [0.4, 0.5) is 0 Å². The Balaban J connectivity index is 2.82. The maximum absolute atomic E-state index is 11.9. The maximum Gasteiger partial charge on any atom is 0.140 e. The topological polar surface area (TPSA) is 26.3 Å². The van der Waals surface area contributed by atoms with E-state index in [1.807, 2.05) is 31.2 Å². The van der Waals surface area contributed by atoms with Gasteiger partial charge in [-0.15, -0.1) is 0 Å². The van der Waals surface area contributed by atoms with Crippen molar-refractivity contribution in [3.05, 3.63) is 29.8 Å². The summed E-state index contributed by atoms with van der Waals surface area (Å²) in [6, 6.07) is 7.80. The van der Waals surface area contributed by atoms with E-state index in [1.165, 1.54) is 0 Å². The second kappa shape index (κ2) is 6.31. The van der Waals surface area contributed by atoms with E-state index in [0.29, 0.717) is 12.2 Å². The number of hydrogen-bond donors (Lipinski definition) is 0. The summed E-state index contributed by atoms with van der Waals surface area (Å²) in [5, 5.41) is 0. The predicted molar refractivity (Wildman–Crippen MR) is 65.9 cm³/mol. The normalized spacial score (nSPS) is 12.2. The number of methoxy groups -OCH3 is 1. The Morgan fingerprint density at radius 3 is 2.31 bits per heavy atom. The van der Waals surface area contributed by atoms with Crippen LogP contribution in [0.5, 0.6) is 5.75 Å². The minimum Gasteiger partial charge on any atom is -0.497 e. The lowest BCUT2D eigenvalue weighted by atomic mass is 9.90. The Kier molecular flexibility index (Phi) is 5.03. The first-order valence-electron chi connectivity index (χ1n) is 5.89. The van der Waals surface area contributed by atoms with Crippen molar-refractivity contribution < 1.29 is 9.53 Å². The fourth-order valence-electron chi connectivity index (χ4n) is 1.91. The number of benzene rings is 1. The van der Waals surface area contributed by atoms with E-state index in [2.05, 4.69) is 6.92 Å². The Labute approximate surface area is 97.6 Å². The molecule has 0 amide bonds. The molecule has 0 aliphatic rings. The zero-order chi connectivity index (χ0) is 12.0. The predicted octanol–water partition coefficient (Wildman–Crippen LogP) is 3.56. The Bertz CT molecular complexity index is 327. The third-order valence-corrected chi connectivity index (χ3v) is 2.81. The van der Waals surface area contributed by atoms with E-state index in [1.54, 1.807) is 7.11 Å². The standard InChI is InChI=1S/C14H20O2/c1-4-6-14(15)13(5-2)11-7-9-12(16-3)10-8-11/h7-10,13H,4-6H2,1-3H3. The lowest BCUT2D eigenvalue weighted by molar-refractivity contribution is -0.120. The van der Waals surface area contributed by atoms with Gasteiger partial charge in [0, 0.05) is 12.3 Å². The molecule has 1 unspecified atom stereocenters. The van der Waals surface area contributed by atoms with Crippen molar-refractivity contribution in [2.24, 2.45) is 0 Å². The molecule has 0 fully saturated rings. The Hall–Kier alpha value is -1.31. The van der Waals surface area contributed by atoms with Gasteiger partial charge in [0.05, 0.1) is 7.11 Å². The maximum atomic E-state index is 11.9. The van der Waals surface area contributed by atoms with Crippen LogP contribution in [0.2, 0.25) is 0 Å². The van der Waals surface area contributed by atoms with E-state index in [9.17, 15) is 4.79 Å². The number of rotatable bonds is 6. The molecule has 0 bridgehead atoms. The van der Waals surface area contributed by atoms with Crippen molar-refractivity contribution in [1.29, 1.82) is 0 Å². The molecule has 0 N–H and O–H groups in total. The average Bonchev–Trinajstić information content (AvgIpc) is 2.31. The summed E-state index contributed by atoms with van der Waals surface area (Å²) in [6.07, 6.45) is 2.46. The second-order valence-corrected chi connectivity index (χ2v) is 3.95. The molecule has 0 saturated heterocycles. The van der Waals surface area contributed by atoms with Crippen LogP contribution in [0.3, 0.4) is 0 Å². The lowest BCUT2D eigenvalue weighted by Gasteiger charge is -2.14. The molecule has 2 heteroatoms. The van der Waals surface area contributed by atoms with Gasteiger partial charge in [0.2, 0.25) is 0 Å². The van der Waals surface area contributed by atoms with E-state index < -0.39 is 0 Å². The minimum absolute atomic E-state index is 0.0471. The molecule has 0 spiro atoms. The van der Waals surface area contributed by atoms with Gasteiger partial charge in [0.25, 0.3) is 0 Å². The highest BCUT2D eigenvalue weighted by Gasteiger charge is 2.17. The molecule has 0 aliphatic heterocycles. The van der Waals surface area contributed by atoms with Crippen LogP contribution in [0, 0.1) is 0 Å². The van der Waals surface area contributed by atoms with Gasteiger partial charge in [-0.05, 0) is 30.5 Å². The van der Waals surface area contributed by atoms with Gasteiger partial charge in [-0.25, -0.2) is 0 Å². The van der Waals surface area contributed by atoms with Gasteiger partial charge in [0.1, 0.15) is 11.5 Å². The molecule has 0 aliphatic carbocycles. The number of carbonyl (C=O) groups excluding carboxylic acids is 1. The highest BCUT2D eigenvalue weighted by Crippen LogP contribution is 2.24. The number of ether oxygens (including phenoxy) is 1. The fourth-order valence-corrected chi connectivity index (χ4v) is 1.91. The number of hydrogen-bond acceptors (Lipinski definition) is 2. The van der Waals surface area contributed by atoms with Gasteiger partial charge in [0.15, 0.2) is 0 Å². The molecule has 1 aromatic carbocycles. The van der Waals surface area contributed by atoms with Crippen molar-refractivity contribution in [1.82, 2.24) is 0 Å². The average molecular weight is 220 g/mol. The van der Waals surface area contributed by atoms with Gasteiger partial charge in [-0.3, -0.25) is 4.79 Å². The van der Waals surface area contributed by atoms with Gasteiger partial charge in [-0.2, -0.15) is 0 Å². The van der Waals surface area contributed by atoms with Crippen LogP contribution >= 0.6 is 0 Å². The first kappa shape index (κ1) is 12.8. The molecule has 1 atom stereocenters. The molecule has 16 heavy (non-hydrogen) atoms. The molecular formula is C14H20O2. The number of Topliss-reactive ketones (excluding diaryl/α,β-unsaturated/α-hetero) is 1. The second-order valence-electron chi connectivity index (χ2n) is 3.95. The van der Waals surface area contributed by atoms with Crippen molar-refractivity contribution >= 4 is 5.78 Å². The summed E-state index contributed by atoms with van der Waals surface area (Å²) in [5.74, 6) is 1.22. The summed E-state index contributed by atoms with van der Waals surface area (Å²) >= 11 is 0. The summed E-state index contributed by atoms with van der Waals surface area (Å²) < 4.78 is 5.11. The summed E-state index contributed by atoms with van der Waals surface area (Å²) in [6.45, 7) is 4.10. The van der Waals surface area contributed by atoms with Crippen molar-refractivity contribution in [2.75, 3.05) is 7.11 Å². The van der Waals surface area contributed by atoms with Crippen LogP contribution in [0.15, 0.2) is 24.3 Å². The molecule has 0 radical (unpaired) electrons. The largest absolute Gasteiger partial charge is 0.497 e.